The summed E-state index contributed by atoms with van der Waals surface area (Å²) in [4.78, 5) is 0. The van der Waals surface area contributed by atoms with Gasteiger partial charge in [0.15, 0.2) is 0 Å². The lowest BCUT2D eigenvalue weighted by molar-refractivity contribution is 0.171. The molecule has 0 spiro atoms. The zero-order valence-electron chi connectivity index (χ0n) is 12.4. The van der Waals surface area contributed by atoms with Gasteiger partial charge in [0, 0.05) is 0 Å². The molecule has 18 heavy (non-hydrogen) atoms. The minimum Gasteiger partial charge on any atom is -0.475 e. The van der Waals surface area contributed by atoms with Gasteiger partial charge in [0.2, 0.25) is 4.38 Å². The third kappa shape index (κ3) is 11.3. The van der Waals surface area contributed by atoms with Crippen molar-refractivity contribution >= 4 is 28.4 Å². The summed E-state index contributed by atoms with van der Waals surface area (Å²) in [5, 5.41) is 0. The molecule has 0 atom stereocenters. The molecule has 0 aliphatic carbocycles. The third-order valence-corrected chi connectivity index (χ3v) is 4.21. The van der Waals surface area contributed by atoms with Gasteiger partial charge in [-0.25, -0.2) is 0 Å². The van der Waals surface area contributed by atoms with E-state index in [2.05, 4.69) is 13.8 Å². The number of thioether (sulfide) groups is 1. The number of unbranched alkanes of at least 4 members (excludes halogenated alkanes) is 6. The fourth-order valence-electron chi connectivity index (χ4n) is 2.04. The Morgan fingerprint density at radius 3 is 1.83 bits per heavy atom. The van der Waals surface area contributed by atoms with E-state index >= 15 is 0 Å². The number of ether oxygens (including phenoxy) is 1. The van der Waals surface area contributed by atoms with Crippen LogP contribution >= 0.6 is 24.0 Å². The molecule has 3 heteroatoms. The summed E-state index contributed by atoms with van der Waals surface area (Å²) in [6.45, 7) is 4.50. The Balaban J connectivity index is 3.80. The van der Waals surface area contributed by atoms with Gasteiger partial charge in [0.25, 0.3) is 0 Å². The zero-order valence-corrected chi connectivity index (χ0v) is 14.0. The number of hydrogen-bond donors (Lipinski definition) is 0. The van der Waals surface area contributed by atoms with Crippen molar-refractivity contribution < 1.29 is 4.74 Å². The van der Waals surface area contributed by atoms with Crippen molar-refractivity contribution in [1.82, 2.24) is 0 Å². The highest BCUT2D eigenvalue weighted by Crippen LogP contribution is 2.17. The van der Waals surface area contributed by atoms with Crippen molar-refractivity contribution in [3.05, 3.63) is 0 Å². The van der Waals surface area contributed by atoms with E-state index in [1.807, 2.05) is 6.26 Å². The van der Waals surface area contributed by atoms with Gasteiger partial charge < -0.3 is 4.74 Å². The summed E-state index contributed by atoms with van der Waals surface area (Å²) in [6, 6.07) is 0. The number of rotatable bonds is 11. The van der Waals surface area contributed by atoms with E-state index < -0.39 is 0 Å². The van der Waals surface area contributed by atoms with Gasteiger partial charge in [-0.15, -0.1) is 0 Å². The quantitative estimate of drug-likeness (QED) is 0.343. The van der Waals surface area contributed by atoms with Gasteiger partial charge in [-0.3, -0.25) is 0 Å². The average molecular weight is 291 g/mol. The van der Waals surface area contributed by atoms with Crippen molar-refractivity contribution in [3.8, 4) is 0 Å². The molecule has 0 aromatic rings. The molecule has 0 heterocycles. The molecule has 0 aliphatic rings. The Morgan fingerprint density at radius 1 is 0.944 bits per heavy atom. The normalized spacial score (nSPS) is 10.9. The summed E-state index contributed by atoms with van der Waals surface area (Å²) in [7, 11) is 0. The summed E-state index contributed by atoms with van der Waals surface area (Å²) in [5.41, 5.74) is 0. The Bertz CT molecular complexity index is 183. The molecular formula is C15H30OS2. The second-order valence-corrected chi connectivity index (χ2v) is 6.30. The number of thiocarbonyl (C=S) groups is 1. The van der Waals surface area contributed by atoms with E-state index in [9.17, 15) is 0 Å². The highest BCUT2D eigenvalue weighted by Gasteiger charge is 2.11. The van der Waals surface area contributed by atoms with Crippen LogP contribution in [0, 0.1) is 0 Å². The average Bonchev–Trinajstić information content (AvgIpc) is 2.39. The van der Waals surface area contributed by atoms with E-state index in [0.717, 1.165) is 0 Å². The maximum Gasteiger partial charge on any atom is 0.219 e. The van der Waals surface area contributed by atoms with Crippen LogP contribution in [0.3, 0.4) is 0 Å². The van der Waals surface area contributed by atoms with Crippen LogP contribution in [-0.4, -0.2) is 16.7 Å². The molecule has 0 bridgehead atoms. The second-order valence-electron chi connectivity index (χ2n) is 4.89. The molecule has 0 fully saturated rings. The first-order valence-electron chi connectivity index (χ1n) is 7.49. The van der Waals surface area contributed by atoms with Crippen LogP contribution in [0.25, 0.3) is 0 Å². The van der Waals surface area contributed by atoms with E-state index in [-0.39, 0.29) is 0 Å². The molecule has 0 radical (unpaired) electrons. The topological polar surface area (TPSA) is 9.23 Å². The monoisotopic (exact) mass is 290 g/mol. The Hall–Kier alpha value is 0.240. The van der Waals surface area contributed by atoms with Gasteiger partial charge in [-0.05, 0) is 44.2 Å². The summed E-state index contributed by atoms with van der Waals surface area (Å²) in [5.74, 6) is 0. The van der Waals surface area contributed by atoms with E-state index in [4.69, 9.17) is 17.0 Å². The second kappa shape index (κ2) is 13.7. The standard InChI is InChI=1S/C15H30OS2/c1-4-6-8-10-12-14(16-15(17)18-3)13-11-9-7-5-2/h14H,4-13H2,1-3H3. The van der Waals surface area contributed by atoms with Crippen molar-refractivity contribution in [2.24, 2.45) is 0 Å². The summed E-state index contributed by atoms with van der Waals surface area (Å²) in [6.07, 6.45) is 15.2. The van der Waals surface area contributed by atoms with Gasteiger partial charge in [-0.1, -0.05) is 64.1 Å². The number of hydrogen-bond acceptors (Lipinski definition) is 3. The largest absolute Gasteiger partial charge is 0.475 e. The molecule has 0 aromatic heterocycles. The van der Waals surface area contributed by atoms with Crippen LogP contribution in [0.15, 0.2) is 0 Å². The van der Waals surface area contributed by atoms with Gasteiger partial charge in [-0.2, -0.15) is 0 Å². The van der Waals surface area contributed by atoms with Crippen molar-refractivity contribution in [2.45, 2.75) is 84.2 Å². The van der Waals surface area contributed by atoms with E-state index in [1.54, 1.807) is 11.8 Å². The molecule has 0 N–H and O–H groups in total. The lowest BCUT2D eigenvalue weighted by Gasteiger charge is -2.18. The molecule has 108 valence electrons. The first-order chi connectivity index (χ1) is 8.74. The van der Waals surface area contributed by atoms with Crippen LogP contribution < -0.4 is 0 Å². The van der Waals surface area contributed by atoms with Crippen LogP contribution in [-0.2, 0) is 4.74 Å². The fourth-order valence-corrected chi connectivity index (χ4v) is 2.41. The molecule has 0 rings (SSSR count). The predicted octanol–water partition coefficient (Wildman–Crippen LogP) is 5.96. The predicted molar refractivity (Wildman–Crippen MR) is 88.5 cm³/mol. The Kier molecular flexibility index (Phi) is 13.8. The van der Waals surface area contributed by atoms with Crippen LogP contribution in [0.2, 0.25) is 0 Å². The Morgan fingerprint density at radius 2 is 1.44 bits per heavy atom. The maximum absolute atomic E-state index is 5.85. The first-order valence-corrected chi connectivity index (χ1v) is 9.12. The molecular weight excluding hydrogens is 260 g/mol. The van der Waals surface area contributed by atoms with Crippen molar-refractivity contribution in [2.75, 3.05) is 6.26 Å². The van der Waals surface area contributed by atoms with Gasteiger partial charge >= 0.3 is 0 Å². The van der Waals surface area contributed by atoms with E-state index in [1.165, 1.54) is 64.2 Å². The summed E-state index contributed by atoms with van der Waals surface area (Å²) < 4.78 is 6.57. The van der Waals surface area contributed by atoms with Gasteiger partial charge in [0.1, 0.15) is 6.10 Å². The summed E-state index contributed by atoms with van der Waals surface area (Å²) >= 11 is 6.73. The molecule has 0 aromatic carbocycles. The molecule has 0 saturated carbocycles. The first kappa shape index (κ1) is 18.2. The lowest BCUT2D eigenvalue weighted by Crippen LogP contribution is -2.15. The minimum absolute atomic E-state index is 0.360. The van der Waals surface area contributed by atoms with Crippen LogP contribution in [0.1, 0.15) is 78.1 Å². The lowest BCUT2D eigenvalue weighted by atomic mass is 10.0. The minimum atomic E-state index is 0.360. The Labute approximate surface area is 123 Å². The van der Waals surface area contributed by atoms with E-state index in [0.29, 0.717) is 10.5 Å². The van der Waals surface area contributed by atoms with Crippen LogP contribution in [0.5, 0.6) is 0 Å². The molecule has 0 saturated heterocycles. The fraction of sp³-hybridized carbons (Fsp3) is 0.933. The van der Waals surface area contributed by atoms with Crippen molar-refractivity contribution in [1.29, 1.82) is 0 Å². The maximum atomic E-state index is 5.85. The molecule has 0 unspecified atom stereocenters. The molecule has 1 nitrogen and oxygen atoms in total. The zero-order chi connectivity index (χ0) is 13.6. The van der Waals surface area contributed by atoms with Crippen molar-refractivity contribution in [3.63, 3.8) is 0 Å². The SMILES string of the molecule is CCCCCCC(CCCCCC)OC(=S)SC. The van der Waals surface area contributed by atoms with Crippen LogP contribution in [0.4, 0.5) is 0 Å². The highest BCUT2D eigenvalue weighted by atomic mass is 32.2. The highest BCUT2D eigenvalue weighted by molar-refractivity contribution is 8.22. The molecule has 0 aliphatic heterocycles. The smallest absolute Gasteiger partial charge is 0.219 e. The van der Waals surface area contributed by atoms with Gasteiger partial charge in [0.05, 0.1) is 0 Å². The third-order valence-electron chi connectivity index (χ3n) is 3.19. The molecule has 0 amide bonds.